The minimum Gasteiger partial charge on any atom is -0.327 e. The summed E-state index contributed by atoms with van der Waals surface area (Å²) < 4.78 is 1.83. The maximum Gasteiger partial charge on any atom is 0.344 e. The zero-order valence-corrected chi connectivity index (χ0v) is 13.9. The summed E-state index contributed by atoms with van der Waals surface area (Å²) in [5.74, 6) is 0.690. The van der Waals surface area contributed by atoms with E-state index in [1.165, 1.54) is 6.42 Å². The molecule has 3 N–H and O–H groups in total. The van der Waals surface area contributed by atoms with Crippen molar-refractivity contribution in [3.63, 3.8) is 0 Å². The molecule has 6 heteroatoms. The second-order valence-corrected chi connectivity index (χ2v) is 8.82. The van der Waals surface area contributed by atoms with Crippen LogP contribution in [0.5, 0.6) is 0 Å². The highest BCUT2D eigenvalue weighted by Crippen LogP contribution is 2.43. The van der Waals surface area contributed by atoms with Gasteiger partial charge in [-0.1, -0.05) is 32.5 Å². The largest absolute Gasteiger partial charge is 0.344 e. The van der Waals surface area contributed by atoms with E-state index in [1.54, 1.807) is 11.8 Å². The van der Waals surface area contributed by atoms with Gasteiger partial charge in [-0.25, -0.2) is 9.89 Å². The molecule has 1 aromatic rings. The van der Waals surface area contributed by atoms with Gasteiger partial charge in [-0.15, -0.1) is 5.10 Å². The molecule has 2 saturated carbocycles. The van der Waals surface area contributed by atoms with Gasteiger partial charge in [-0.2, -0.15) is 0 Å². The van der Waals surface area contributed by atoms with Crippen LogP contribution in [0.3, 0.4) is 0 Å². The molecule has 0 spiro atoms. The van der Waals surface area contributed by atoms with Gasteiger partial charge < -0.3 is 5.73 Å². The third-order valence-corrected chi connectivity index (χ3v) is 6.25. The van der Waals surface area contributed by atoms with Gasteiger partial charge in [0, 0.05) is 17.3 Å². The highest BCUT2D eigenvalue weighted by Gasteiger charge is 2.37. The molecule has 3 rings (SSSR count). The van der Waals surface area contributed by atoms with E-state index in [0.29, 0.717) is 22.6 Å². The fourth-order valence-electron chi connectivity index (χ4n) is 3.24. The van der Waals surface area contributed by atoms with E-state index in [1.807, 2.05) is 4.57 Å². The van der Waals surface area contributed by atoms with Crippen molar-refractivity contribution < 1.29 is 0 Å². The Balaban J connectivity index is 1.75. The first kappa shape index (κ1) is 15.2. The van der Waals surface area contributed by atoms with Gasteiger partial charge in [0.1, 0.15) is 0 Å². The summed E-state index contributed by atoms with van der Waals surface area (Å²) in [7, 11) is 0. The minimum atomic E-state index is -0.0725. The van der Waals surface area contributed by atoms with Gasteiger partial charge in [-0.05, 0) is 43.4 Å². The third kappa shape index (κ3) is 3.21. The summed E-state index contributed by atoms with van der Waals surface area (Å²) in [5, 5.41) is 8.01. The first-order valence-corrected chi connectivity index (χ1v) is 8.83. The highest BCUT2D eigenvalue weighted by molar-refractivity contribution is 7.99. The number of thioether (sulfide) groups is 1. The van der Waals surface area contributed by atoms with Crippen LogP contribution in [0.25, 0.3) is 0 Å². The normalized spacial score (nSPS) is 30.6. The Hall–Kier alpha value is -0.750. The molecule has 2 aliphatic rings. The second kappa shape index (κ2) is 5.47. The fourth-order valence-corrected chi connectivity index (χ4v) is 4.59. The highest BCUT2D eigenvalue weighted by atomic mass is 32.2. The lowest BCUT2D eigenvalue weighted by atomic mass is 9.71. The molecule has 118 valence electrons. The summed E-state index contributed by atoms with van der Waals surface area (Å²) in [6, 6.07) is 0.560. The van der Waals surface area contributed by atoms with E-state index < -0.39 is 0 Å². The Kier molecular flexibility index (Phi) is 3.94. The van der Waals surface area contributed by atoms with Crippen molar-refractivity contribution in [2.75, 3.05) is 0 Å². The SMILES string of the molecule is CC(C)(C)C1CCC(N)C(Sc2n[nH]c(=O)n2C2CC2)C1. The van der Waals surface area contributed by atoms with E-state index in [4.69, 9.17) is 5.73 Å². The molecule has 2 fully saturated rings. The van der Waals surface area contributed by atoms with E-state index in [9.17, 15) is 4.79 Å². The number of rotatable bonds is 3. The lowest BCUT2D eigenvalue weighted by Gasteiger charge is -2.40. The molecule has 1 aromatic heterocycles. The van der Waals surface area contributed by atoms with E-state index in [0.717, 1.165) is 30.8 Å². The zero-order valence-electron chi connectivity index (χ0n) is 13.1. The summed E-state index contributed by atoms with van der Waals surface area (Å²) in [6.07, 6.45) is 5.57. The molecule has 0 saturated heterocycles. The van der Waals surface area contributed by atoms with Crippen LogP contribution in [0.1, 0.15) is 58.9 Å². The number of nitrogens with zero attached hydrogens (tertiary/aromatic N) is 2. The molecule has 0 aliphatic heterocycles. The van der Waals surface area contributed by atoms with Crippen LogP contribution < -0.4 is 11.4 Å². The fraction of sp³-hybridized carbons (Fsp3) is 0.867. The topological polar surface area (TPSA) is 76.7 Å². The monoisotopic (exact) mass is 310 g/mol. The van der Waals surface area contributed by atoms with Gasteiger partial charge >= 0.3 is 5.69 Å². The van der Waals surface area contributed by atoms with Crippen molar-refractivity contribution in [2.24, 2.45) is 17.1 Å². The number of aromatic amines is 1. The van der Waals surface area contributed by atoms with Gasteiger partial charge in [0.15, 0.2) is 5.16 Å². The summed E-state index contributed by atoms with van der Waals surface area (Å²) in [4.78, 5) is 11.9. The van der Waals surface area contributed by atoms with Crippen molar-refractivity contribution in [3.8, 4) is 0 Å². The van der Waals surface area contributed by atoms with Crippen LogP contribution in [-0.4, -0.2) is 26.1 Å². The summed E-state index contributed by atoms with van der Waals surface area (Å²) in [5.41, 5.74) is 6.58. The first-order chi connectivity index (χ1) is 9.86. The average Bonchev–Trinajstić information content (AvgIpc) is 3.16. The lowest BCUT2D eigenvalue weighted by Crippen LogP contribution is -2.41. The Morgan fingerprint density at radius 3 is 2.62 bits per heavy atom. The summed E-state index contributed by atoms with van der Waals surface area (Å²) in [6.45, 7) is 6.93. The van der Waals surface area contributed by atoms with Gasteiger partial charge in [0.05, 0.1) is 0 Å². The first-order valence-electron chi connectivity index (χ1n) is 7.95. The van der Waals surface area contributed by atoms with Crippen molar-refractivity contribution in [1.82, 2.24) is 14.8 Å². The quantitative estimate of drug-likeness (QED) is 0.899. The molecule has 0 bridgehead atoms. The van der Waals surface area contributed by atoms with Crippen LogP contribution in [0, 0.1) is 11.3 Å². The maximum atomic E-state index is 11.9. The van der Waals surface area contributed by atoms with Crippen molar-refractivity contribution in [2.45, 2.75) is 75.4 Å². The smallest absolute Gasteiger partial charge is 0.327 e. The average molecular weight is 310 g/mol. The van der Waals surface area contributed by atoms with Crippen LogP contribution in [0.4, 0.5) is 0 Å². The molecule has 21 heavy (non-hydrogen) atoms. The van der Waals surface area contributed by atoms with Gasteiger partial charge in [0.2, 0.25) is 0 Å². The second-order valence-electron chi connectivity index (χ2n) is 7.61. The van der Waals surface area contributed by atoms with Crippen molar-refractivity contribution in [3.05, 3.63) is 10.5 Å². The molecule has 0 amide bonds. The van der Waals surface area contributed by atoms with E-state index >= 15 is 0 Å². The van der Waals surface area contributed by atoms with Crippen LogP contribution in [0.2, 0.25) is 0 Å². The predicted molar refractivity (Wildman–Crippen MR) is 85.5 cm³/mol. The molecular weight excluding hydrogens is 284 g/mol. The maximum absolute atomic E-state index is 11.9. The number of nitrogens with two attached hydrogens (primary N) is 1. The Labute approximate surface area is 130 Å². The van der Waals surface area contributed by atoms with Crippen LogP contribution in [0.15, 0.2) is 9.95 Å². The van der Waals surface area contributed by atoms with Crippen molar-refractivity contribution >= 4 is 11.8 Å². The van der Waals surface area contributed by atoms with Crippen LogP contribution >= 0.6 is 11.8 Å². The number of aromatic nitrogens is 3. The number of hydrogen-bond donors (Lipinski definition) is 2. The van der Waals surface area contributed by atoms with Crippen molar-refractivity contribution in [1.29, 1.82) is 0 Å². The molecule has 3 atom stereocenters. The molecule has 3 unspecified atom stereocenters. The molecule has 5 nitrogen and oxygen atoms in total. The predicted octanol–water partition coefficient (Wildman–Crippen LogP) is 2.54. The number of hydrogen-bond acceptors (Lipinski definition) is 4. The van der Waals surface area contributed by atoms with Gasteiger partial charge in [-0.3, -0.25) is 4.57 Å². The molecule has 1 heterocycles. The number of nitrogens with one attached hydrogen (secondary N) is 1. The third-order valence-electron chi connectivity index (χ3n) is 4.91. The molecular formula is C15H26N4OS. The summed E-state index contributed by atoms with van der Waals surface area (Å²) >= 11 is 1.70. The minimum absolute atomic E-state index is 0.0725. The Morgan fingerprint density at radius 1 is 1.29 bits per heavy atom. The van der Waals surface area contributed by atoms with E-state index in [-0.39, 0.29) is 11.7 Å². The molecule has 0 aromatic carbocycles. The molecule has 0 radical (unpaired) electrons. The zero-order chi connectivity index (χ0) is 15.2. The van der Waals surface area contributed by atoms with Gasteiger partial charge in [0.25, 0.3) is 0 Å². The van der Waals surface area contributed by atoms with E-state index in [2.05, 4.69) is 31.0 Å². The standard InChI is InChI=1S/C15H26N4OS/c1-15(2,3)9-4-7-11(16)12(8-9)21-14-18-17-13(20)19(14)10-5-6-10/h9-12H,4-8,16H2,1-3H3,(H,17,20). The Bertz CT molecular complexity index is 555. The lowest BCUT2D eigenvalue weighted by molar-refractivity contribution is 0.174. The van der Waals surface area contributed by atoms with Crippen LogP contribution in [-0.2, 0) is 0 Å². The Morgan fingerprint density at radius 2 is 2.00 bits per heavy atom. The molecule has 2 aliphatic carbocycles. The number of H-pyrrole nitrogens is 1.